The van der Waals surface area contributed by atoms with Gasteiger partial charge in [0, 0.05) is 25.7 Å². The molecule has 0 amide bonds. The number of esters is 4. The summed E-state index contributed by atoms with van der Waals surface area (Å²) in [6.07, 6.45) is 73.9. The van der Waals surface area contributed by atoms with Crippen molar-refractivity contribution in [3.63, 3.8) is 0 Å². The molecule has 0 saturated carbocycles. The van der Waals surface area contributed by atoms with E-state index < -0.39 is 97.5 Å². The molecule has 0 bridgehead atoms. The molecule has 0 radical (unpaired) electrons. The second kappa shape index (κ2) is 79.2. The molecule has 0 aliphatic carbocycles. The molecule has 5 atom stereocenters. The van der Waals surface area contributed by atoms with Crippen LogP contribution in [0.1, 0.15) is 464 Å². The number of phosphoric ester groups is 2. The summed E-state index contributed by atoms with van der Waals surface area (Å²) >= 11 is 0. The molecule has 0 aliphatic heterocycles. The van der Waals surface area contributed by atoms with Gasteiger partial charge in [-0.2, -0.15) is 0 Å². The van der Waals surface area contributed by atoms with E-state index in [0.29, 0.717) is 25.7 Å². The first-order valence-electron chi connectivity index (χ1n) is 44.3. The van der Waals surface area contributed by atoms with Crippen LogP contribution in [-0.2, 0) is 65.4 Å². The van der Waals surface area contributed by atoms with E-state index in [0.717, 1.165) is 103 Å². The third-order valence-corrected chi connectivity index (χ3v) is 22.0. The highest BCUT2D eigenvalue weighted by Crippen LogP contribution is 2.45. The van der Waals surface area contributed by atoms with Crippen molar-refractivity contribution in [2.75, 3.05) is 39.6 Å². The predicted octanol–water partition coefficient (Wildman–Crippen LogP) is 26.1. The molecular weight excluding hydrogens is 1350 g/mol. The average molecular weight is 1520 g/mol. The Kier molecular flexibility index (Phi) is 77.7. The summed E-state index contributed by atoms with van der Waals surface area (Å²) in [5, 5.41) is 10.6. The molecule has 0 aromatic rings. The molecule has 19 heteroatoms. The lowest BCUT2D eigenvalue weighted by atomic mass is 10.0. The minimum Gasteiger partial charge on any atom is -0.462 e. The maximum absolute atomic E-state index is 13.1. The number of unbranched alkanes of at least 4 members (excludes halogenated alkanes) is 60. The highest BCUT2D eigenvalue weighted by molar-refractivity contribution is 7.47. The lowest BCUT2D eigenvalue weighted by molar-refractivity contribution is -0.161. The fourth-order valence-corrected chi connectivity index (χ4v) is 14.9. The van der Waals surface area contributed by atoms with Crippen LogP contribution in [0.2, 0.25) is 0 Å². The van der Waals surface area contributed by atoms with Crippen LogP contribution in [0.3, 0.4) is 0 Å². The van der Waals surface area contributed by atoms with Gasteiger partial charge in [-0.25, -0.2) is 9.13 Å². The van der Waals surface area contributed by atoms with Crippen molar-refractivity contribution in [1.82, 2.24) is 0 Å². The summed E-state index contributed by atoms with van der Waals surface area (Å²) in [7, 11) is -9.92. The minimum absolute atomic E-state index is 0.109. The van der Waals surface area contributed by atoms with E-state index in [1.165, 1.54) is 283 Å². The van der Waals surface area contributed by atoms with E-state index in [9.17, 15) is 43.2 Å². The fourth-order valence-electron chi connectivity index (χ4n) is 13.3. The molecule has 2 unspecified atom stereocenters. The van der Waals surface area contributed by atoms with E-state index in [2.05, 4.69) is 27.7 Å². The first-order valence-corrected chi connectivity index (χ1v) is 47.3. The second-order valence-corrected chi connectivity index (χ2v) is 33.5. The molecule has 0 saturated heterocycles. The monoisotopic (exact) mass is 1520 g/mol. The van der Waals surface area contributed by atoms with Gasteiger partial charge < -0.3 is 33.8 Å². The number of hydrogen-bond acceptors (Lipinski definition) is 15. The van der Waals surface area contributed by atoms with E-state index in [1.54, 1.807) is 0 Å². The Morgan fingerprint density at radius 3 is 0.567 bits per heavy atom. The van der Waals surface area contributed by atoms with Crippen LogP contribution in [-0.4, -0.2) is 96.7 Å². The highest BCUT2D eigenvalue weighted by Gasteiger charge is 2.30. The maximum Gasteiger partial charge on any atom is 0.472 e. The summed E-state index contributed by atoms with van der Waals surface area (Å²) in [4.78, 5) is 73.0. The van der Waals surface area contributed by atoms with Crippen LogP contribution in [0.15, 0.2) is 0 Å². The van der Waals surface area contributed by atoms with Crippen molar-refractivity contribution >= 4 is 39.5 Å². The first-order chi connectivity index (χ1) is 50.7. The predicted molar refractivity (Wildman–Crippen MR) is 428 cm³/mol. The Morgan fingerprint density at radius 2 is 0.385 bits per heavy atom. The van der Waals surface area contributed by atoms with Crippen molar-refractivity contribution in [3.8, 4) is 0 Å². The van der Waals surface area contributed by atoms with E-state index >= 15 is 0 Å². The van der Waals surface area contributed by atoms with Gasteiger partial charge in [-0.05, 0) is 25.7 Å². The number of carbonyl (C=O) groups excluding carboxylic acids is 4. The lowest BCUT2D eigenvalue weighted by Gasteiger charge is -2.21. The van der Waals surface area contributed by atoms with Gasteiger partial charge in [0.25, 0.3) is 0 Å². The molecule has 0 fully saturated rings. The minimum atomic E-state index is -4.96. The Labute approximate surface area is 638 Å². The maximum atomic E-state index is 13.1. The number of ether oxygens (including phenoxy) is 4. The number of carbonyl (C=O) groups is 4. The third kappa shape index (κ3) is 78.2. The molecule has 0 spiro atoms. The topological polar surface area (TPSA) is 237 Å². The Morgan fingerprint density at radius 1 is 0.231 bits per heavy atom. The van der Waals surface area contributed by atoms with Crippen LogP contribution >= 0.6 is 15.6 Å². The Balaban J connectivity index is 5.15. The first kappa shape index (κ1) is 102. The summed E-state index contributed by atoms with van der Waals surface area (Å²) in [5.74, 6) is -2.11. The summed E-state index contributed by atoms with van der Waals surface area (Å²) in [6.45, 7) is 5.01. The molecule has 0 rings (SSSR count). The largest absolute Gasteiger partial charge is 0.472 e. The van der Waals surface area contributed by atoms with Crippen molar-refractivity contribution in [3.05, 3.63) is 0 Å². The zero-order chi connectivity index (χ0) is 76.0. The summed E-state index contributed by atoms with van der Waals surface area (Å²) in [5.41, 5.74) is 0. The Hall–Kier alpha value is -1.94. The lowest BCUT2D eigenvalue weighted by Crippen LogP contribution is -2.30. The Bertz CT molecular complexity index is 1960. The van der Waals surface area contributed by atoms with Crippen molar-refractivity contribution in [2.45, 2.75) is 483 Å². The van der Waals surface area contributed by atoms with Gasteiger partial charge in [0.2, 0.25) is 0 Å². The van der Waals surface area contributed by atoms with Crippen LogP contribution in [0.5, 0.6) is 0 Å². The number of phosphoric acid groups is 2. The van der Waals surface area contributed by atoms with E-state index in [1.807, 2.05) is 0 Å². The van der Waals surface area contributed by atoms with Crippen molar-refractivity contribution in [2.24, 2.45) is 0 Å². The molecule has 104 heavy (non-hydrogen) atoms. The van der Waals surface area contributed by atoms with Gasteiger partial charge in [-0.3, -0.25) is 37.3 Å². The quantitative estimate of drug-likeness (QED) is 0.0222. The van der Waals surface area contributed by atoms with Crippen LogP contribution in [0.25, 0.3) is 0 Å². The zero-order valence-electron chi connectivity index (χ0n) is 68.0. The SMILES string of the molecule is CCCCCCCCCCCCCCCCCCCCCCCCC(=O)O[C@H](COC(=O)CCCCCCCCCCCCCCCCCCCCC)COP(=O)(O)OC[C@@H](O)COP(=O)(O)OC[C@@H](COC(=O)CCCCCCCCC)OC(=O)CCCCCCCCCCCCCCCCCC. The van der Waals surface area contributed by atoms with Crippen molar-refractivity contribution < 1.29 is 80.2 Å². The van der Waals surface area contributed by atoms with E-state index in [-0.39, 0.29) is 25.7 Å². The molecule has 0 aromatic carbocycles. The standard InChI is InChI=1S/C85H166O17P2/c1-5-9-13-17-21-24-27-30-33-36-38-39-40-42-44-47-50-53-56-60-64-68-72-85(90)102-81(76-96-83(88)70-66-62-58-54-51-48-46-43-41-37-34-31-28-25-22-18-14-10-6-2)78-100-104(93,94)98-74-79(86)73-97-103(91,92)99-77-80(75-95-82(87)69-65-61-57-20-16-12-8-4)101-84(89)71-67-63-59-55-52-49-45-35-32-29-26-23-19-15-11-7-3/h79-81,86H,5-78H2,1-4H3,(H,91,92)(H,93,94)/t79-,80+,81+/m0/s1. The second-order valence-electron chi connectivity index (χ2n) is 30.6. The fraction of sp³-hybridized carbons (Fsp3) is 0.953. The van der Waals surface area contributed by atoms with Crippen LogP contribution in [0.4, 0.5) is 0 Å². The number of rotatable bonds is 86. The van der Waals surface area contributed by atoms with Gasteiger partial charge >= 0.3 is 39.5 Å². The van der Waals surface area contributed by atoms with Crippen LogP contribution < -0.4 is 0 Å². The summed E-state index contributed by atoms with van der Waals surface area (Å²) in [6, 6.07) is 0. The molecule has 17 nitrogen and oxygen atoms in total. The van der Waals surface area contributed by atoms with Gasteiger partial charge in [0.1, 0.15) is 19.3 Å². The molecule has 0 aliphatic rings. The zero-order valence-corrected chi connectivity index (χ0v) is 69.8. The molecule has 3 N–H and O–H groups in total. The van der Waals surface area contributed by atoms with Crippen LogP contribution in [0, 0.1) is 0 Å². The van der Waals surface area contributed by atoms with Gasteiger partial charge in [-0.15, -0.1) is 0 Å². The number of aliphatic hydroxyl groups excluding tert-OH is 1. The van der Waals surface area contributed by atoms with Crippen molar-refractivity contribution in [1.29, 1.82) is 0 Å². The molecule has 618 valence electrons. The molecule has 0 heterocycles. The highest BCUT2D eigenvalue weighted by atomic mass is 31.2. The summed E-state index contributed by atoms with van der Waals surface area (Å²) < 4.78 is 68.7. The third-order valence-electron chi connectivity index (χ3n) is 20.1. The van der Waals surface area contributed by atoms with Gasteiger partial charge in [-0.1, -0.05) is 413 Å². The molecular formula is C85H166O17P2. The average Bonchev–Trinajstić information content (AvgIpc) is 0.984. The van der Waals surface area contributed by atoms with Gasteiger partial charge in [0.05, 0.1) is 26.4 Å². The normalized spacial score (nSPS) is 13.7. The smallest absolute Gasteiger partial charge is 0.462 e. The number of hydrogen-bond donors (Lipinski definition) is 3. The van der Waals surface area contributed by atoms with E-state index in [4.69, 9.17) is 37.0 Å². The molecule has 0 aromatic heterocycles. The van der Waals surface area contributed by atoms with Gasteiger partial charge in [0.15, 0.2) is 12.2 Å². The number of aliphatic hydroxyl groups is 1.